The minimum Gasteiger partial charge on any atom is -0.481 e. The van der Waals surface area contributed by atoms with Crippen LogP contribution in [0.2, 0.25) is 0 Å². The predicted molar refractivity (Wildman–Crippen MR) is 63.6 cm³/mol. The van der Waals surface area contributed by atoms with E-state index in [0.717, 1.165) is 0 Å². The molecule has 16 heavy (non-hydrogen) atoms. The first-order chi connectivity index (χ1) is 6.59. The Labute approximate surface area is 105 Å². The molecule has 6 heteroatoms. The summed E-state index contributed by atoms with van der Waals surface area (Å²) in [6.45, 7) is 0. The van der Waals surface area contributed by atoms with Crippen LogP contribution < -0.4 is 0 Å². The largest absolute Gasteiger partial charge is 0.481 e. The number of hydrogen-bond donors (Lipinski definition) is 2. The molecule has 90 valence electrons. The summed E-state index contributed by atoms with van der Waals surface area (Å²) < 4.78 is 0. The molecule has 0 bridgehead atoms. The van der Waals surface area contributed by atoms with Crippen LogP contribution in [0.25, 0.3) is 0 Å². The molecule has 0 atom stereocenters. The topological polar surface area (TPSA) is 74.6 Å². The number of carbonyl (C=O) groups is 2. The van der Waals surface area contributed by atoms with Crippen LogP contribution in [0.15, 0.2) is 24.3 Å². The molecule has 0 saturated heterocycles. The first kappa shape index (κ1) is 17.1. The third kappa shape index (κ3) is 5.58. The number of hydrogen-bond acceptors (Lipinski definition) is 2. The van der Waals surface area contributed by atoms with Crippen molar-refractivity contribution in [1.29, 1.82) is 0 Å². The molecule has 0 aliphatic carbocycles. The fourth-order valence-corrected chi connectivity index (χ4v) is 1.23. The highest BCUT2D eigenvalue weighted by molar-refractivity contribution is 5.85. The van der Waals surface area contributed by atoms with Gasteiger partial charge in [0.2, 0.25) is 0 Å². The Kier molecular flexibility index (Phi) is 8.53. The first-order valence-corrected chi connectivity index (χ1v) is 4.10. The van der Waals surface area contributed by atoms with Crippen LogP contribution in [0.4, 0.5) is 0 Å². The van der Waals surface area contributed by atoms with E-state index in [1.165, 1.54) is 0 Å². The van der Waals surface area contributed by atoms with Crippen LogP contribution in [-0.2, 0) is 22.4 Å². The quantitative estimate of drug-likeness (QED) is 0.872. The molecule has 0 saturated carbocycles. The Morgan fingerprint density at radius 2 is 1.19 bits per heavy atom. The summed E-state index contributed by atoms with van der Waals surface area (Å²) in [4.78, 5) is 20.9. The molecule has 0 heterocycles. The highest BCUT2D eigenvalue weighted by Gasteiger charge is 2.08. The third-order valence-electron chi connectivity index (χ3n) is 1.80. The van der Waals surface area contributed by atoms with Gasteiger partial charge in [-0.2, -0.15) is 0 Å². The molecular formula is C10H12Cl2O4. The summed E-state index contributed by atoms with van der Waals surface area (Å²) in [5.41, 5.74) is 1.12. The van der Waals surface area contributed by atoms with Gasteiger partial charge in [0.05, 0.1) is 12.8 Å². The second-order valence-corrected chi connectivity index (χ2v) is 2.91. The highest BCUT2D eigenvalue weighted by Crippen LogP contribution is 2.10. The number of benzene rings is 1. The molecule has 0 unspecified atom stereocenters. The van der Waals surface area contributed by atoms with Gasteiger partial charge in [-0.05, 0) is 11.1 Å². The van der Waals surface area contributed by atoms with Crippen molar-refractivity contribution in [2.75, 3.05) is 0 Å². The SMILES string of the molecule is Cl.Cl.O=C(O)Cc1ccccc1CC(=O)O. The number of carboxylic acid groups (broad SMARTS) is 2. The molecule has 0 spiro atoms. The molecule has 1 aromatic rings. The van der Waals surface area contributed by atoms with Crippen LogP contribution >= 0.6 is 24.8 Å². The first-order valence-electron chi connectivity index (χ1n) is 4.10. The number of halogens is 2. The van der Waals surface area contributed by atoms with Gasteiger partial charge >= 0.3 is 11.9 Å². The van der Waals surface area contributed by atoms with Crippen molar-refractivity contribution in [1.82, 2.24) is 0 Å². The van der Waals surface area contributed by atoms with Crippen LogP contribution in [-0.4, -0.2) is 22.2 Å². The monoisotopic (exact) mass is 266 g/mol. The van der Waals surface area contributed by atoms with Gasteiger partial charge in [-0.25, -0.2) is 0 Å². The van der Waals surface area contributed by atoms with Crippen molar-refractivity contribution in [3.05, 3.63) is 35.4 Å². The molecule has 2 N–H and O–H groups in total. The Hall–Kier alpha value is -1.26. The lowest BCUT2D eigenvalue weighted by Crippen LogP contribution is -2.07. The van der Waals surface area contributed by atoms with Crippen molar-refractivity contribution in [3.63, 3.8) is 0 Å². The maximum absolute atomic E-state index is 10.5. The lowest BCUT2D eigenvalue weighted by Gasteiger charge is -2.04. The highest BCUT2D eigenvalue weighted by atomic mass is 35.5. The maximum atomic E-state index is 10.5. The summed E-state index contributed by atoms with van der Waals surface area (Å²) in [5, 5.41) is 17.2. The van der Waals surface area contributed by atoms with Gasteiger partial charge in [0.25, 0.3) is 0 Å². The fourth-order valence-electron chi connectivity index (χ4n) is 1.23. The van der Waals surface area contributed by atoms with Crippen LogP contribution in [0.5, 0.6) is 0 Å². The summed E-state index contributed by atoms with van der Waals surface area (Å²) >= 11 is 0. The zero-order valence-corrected chi connectivity index (χ0v) is 9.88. The van der Waals surface area contributed by atoms with Crippen LogP contribution in [0.3, 0.4) is 0 Å². The average molecular weight is 267 g/mol. The lowest BCUT2D eigenvalue weighted by molar-refractivity contribution is -0.137. The maximum Gasteiger partial charge on any atom is 0.307 e. The van der Waals surface area contributed by atoms with Gasteiger partial charge < -0.3 is 10.2 Å². The van der Waals surface area contributed by atoms with Crippen molar-refractivity contribution in [2.45, 2.75) is 12.8 Å². The molecule has 0 fully saturated rings. The Morgan fingerprint density at radius 3 is 1.44 bits per heavy atom. The predicted octanol–water partition coefficient (Wildman–Crippen LogP) is 1.78. The molecular weight excluding hydrogens is 255 g/mol. The Bertz CT molecular complexity index is 331. The number of aliphatic carboxylic acids is 2. The van der Waals surface area contributed by atoms with Gasteiger partial charge in [-0.1, -0.05) is 24.3 Å². The molecule has 0 aromatic heterocycles. The molecule has 4 nitrogen and oxygen atoms in total. The van der Waals surface area contributed by atoms with E-state index in [2.05, 4.69) is 0 Å². The Balaban J connectivity index is 0. The minimum atomic E-state index is -0.956. The van der Waals surface area contributed by atoms with Gasteiger partial charge in [0.1, 0.15) is 0 Å². The summed E-state index contributed by atoms with van der Waals surface area (Å²) in [6, 6.07) is 6.66. The number of rotatable bonds is 4. The minimum absolute atomic E-state index is 0. The third-order valence-corrected chi connectivity index (χ3v) is 1.80. The van der Waals surface area contributed by atoms with E-state index in [0.29, 0.717) is 11.1 Å². The summed E-state index contributed by atoms with van der Waals surface area (Å²) in [5.74, 6) is -1.91. The standard InChI is InChI=1S/C10H10O4.2ClH/c11-9(12)5-7-3-1-2-4-8(7)6-10(13)14;;/h1-4H,5-6H2,(H,11,12)(H,13,14);2*1H. The zero-order chi connectivity index (χ0) is 10.6. The summed E-state index contributed by atoms with van der Waals surface area (Å²) in [6.07, 6.45) is -0.271. The van der Waals surface area contributed by atoms with Gasteiger partial charge in [-0.3, -0.25) is 9.59 Å². The van der Waals surface area contributed by atoms with Crippen molar-refractivity contribution < 1.29 is 19.8 Å². The smallest absolute Gasteiger partial charge is 0.307 e. The molecule has 0 aliphatic heterocycles. The summed E-state index contributed by atoms with van der Waals surface area (Å²) in [7, 11) is 0. The van der Waals surface area contributed by atoms with E-state index in [-0.39, 0.29) is 37.7 Å². The van der Waals surface area contributed by atoms with E-state index in [4.69, 9.17) is 10.2 Å². The van der Waals surface area contributed by atoms with Crippen LogP contribution in [0.1, 0.15) is 11.1 Å². The fraction of sp³-hybridized carbons (Fsp3) is 0.200. The second-order valence-electron chi connectivity index (χ2n) is 2.91. The van der Waals surface area contributed by atoms with Crippen molar-refractivity contribution in [3.8, 4) is 0 Å². The molecule has 1 rings (SSSR count). The van der Waals surface area contributed by atoms with E-state index in [1.807, 2.05) is 0 Å². The molecule has 0 aliphatic rings. The normalized spacial score (nSPS) is 8.50. The molecule has 1 aromatic carbocycles. The van der Waals surface area contributed by atoms with Crippen LogP contribution in [0, 0.1) is 0 Å². The molecule has 0 radical (unpaired) electrons. The second kappa shape index (κ2) is 7.96. The van der Waals surface area contributed by atoms with E-state index < -0.39 is 11.9 Å². The van der Waals surface area contributed by atoms with E-state index in [1.54, 1.807) is 24.3 Å². The molecule has 0 amide bonds. The van der Waals surface area contributed by atoms with Gasteiger partial charge in [-0.15, -0.1) is 24.8 Å². The van der Waals surface area contributed by atoms with Crippen molar-refractivity contribution in [2.24, 2.45) is 0 Å². The zero-order valence-electron chi connectivity index (χ0n) is 8.25. The van der Waals surface area contributed by atoms with E-state index in [9.17, 15) is 9.59 Å². The average Bonchev–Trinajstić information content (AvgIpc) is 2.06. The number of carboxylic acids is 2. The Morgan fingerprint density at radius 1 is 0.875 bits per heavy atom. The van der Waals surface area contributed by atoms with Gasteiger partial charge in [0.15, 0.2) is 0 Å². The van der Waals surface area contributed by atoms with E-state index >= 15 is 0 Å². The van der Waals surface area contributed by atoms with Gasteiger partial charge in [0, 0.05) is 0 Å². The lowest BCUT2D eigenvalue weighted by atomic mass is 10.0. The van der Waals surface area contributed by atoms with Crippen molar-refractivity contribution >= 4 is 36.8 Å².